The van der Waals surface area contributed by atoms with Crippen molar-refractivity contribution in [3.8, 4) is 0 Å². The molecule has 0 bridgehead atoms. The predicted molar refractivity (Wildman–Crippen MR) is 59.5 cm³/mol. The summed E-state index contributed by atoms with van der Waals surface area (Å²) in [6.07, 6.45) is 1.14. The molecule has 0 amide bonds. The van der Waals surface area contributed by atoms with Gasteiger partial charge >= 0.3 is 0 Å². The molecule has 13 heavy (non-hydrogen) atoms. The van der Waals surface area contributed by atoms with Gasteiger partial charge in [-0.3, -0.25) is 0 Å². The largest absolute Gasteiger partial charge is 0.318 e. The number of nitrogens with one attached hydrogen (secondary N) is 2. The highest BCUT2D eigenvalue weighted by Crippen LogP contribution is 1.69. The fourth-order valence-electron chi connectivity index (χ4n) is 0.361. The van der Waals surface area contributed by atoms with Gasteiger partial charge in [-0.25, -0.2) is 13.1 Å². The highest BCUT2D eigenvalue weighted by Gasteiger charge is 1.95. The predicted octanol–water partition coefficient (Wildman–Crippen LogP) is 0.807. The first-order valence-corrected chi connectivity index (χ1v) is 6.54. The van der Waals surface area contributed by atoms with E-state index in [0.717, 1.165) is 6.26 Å². The third-order valence-electron chi connectivity index (χ3n) is 0.739. The lowest BCUT2D eigenvalue weighted by molar-refractivity contribution is 0.585. The second-order valence-corrected chi connectivity index (χ2v) is 3.60. The van der Waals surface area contributed by atoms with Crippen LogP contribution in [0.25, 0.3) is 0 Å². The second-order valence-electron chi connectivity index (χ2n) is 1.77. The fourth-order valence-corrected chi connectivity index (χ4v) is 0.834. The van der Waals surface area contributed by atoms with Gasteiger partial charge in [0.15, 0.2) is 0 Å². The van der Waals surface area contributed by atoms with Crippen LogP contribution in [0.2, 0.25) is 0 Å². The minimum absolute atomic E-state index is 0.454. The lowest BCUT2D eigenvalue weighted by Gasteiger charge is -1.98. The lowest BCUT2D eigenvalue weighted by atomic mass is 10.7. The quantitative estimate of drug-likeness (QED) is 0.678. The van der Waals surface area contributed by atoms with E-state index in [1.165, 1.54) is 0 Å². The first kappa shape index (κ1) is 18.6. The second kappa shape index (κ2) is 14.4. The molecule has 0 atom stereocenters. The zero-order valence-electron chi connectivity index (χ0n) is 9.64. The molecule has 0 aliphatic rings. The summed E-state index contributed by atoms with van der Waals surface area (Å²) in [6.45, 7) is 9.11. The van der Waals surface area contributed by atoms with Crippen molar-refractivity contribution in [1.29, 1.82) is 0 Å². The Kier molecular flexibility index (Phi) is 20.6. The molecule has 0 rings (SSSR count). The minimum atomic E-state index is -2.99. The molecule has 0 spiro atoms. The van der Waals surface area contributed by atoms with Gasteiger partial charge in [0.1, 0.15) is 0 Å². The molecule has 0 aromatic carbocycles. The Balaban J connectivity index is -0.000000218. The van der Waals surface area contributed by atoms with Gasteiger partial charge in [0.2, 0.25) is 10.0 Å². The summed E-state index contributed by atoms with van der Waals surface area (Å²) in [5.41, 5.74) is 0. The lowest BCUT2D eigenvalue weighted by Crippen LogP contribution is -2.29. The molecule has 0 heterocycles. The first-order chi connectivity index (χ1) is 6.06. The maximum atomic E-state index is 10.4. The third kappa shape index (κ3) is 33.6. The van der Waals surface area contributed by atoms with Crippen LogP contribution in [-0.4, -0.2) is 34.8 Å². The summed E-state index contributed by atoms with van der Waals surface area (Å²) in [5.74, 6) is 0. The highest BCUT2D eigenvalue weighted by atomic mass is 32.2. The summed E-state index contributed by atoms with van der Waals surface area (Å²) >= 11 is 0. The molecular formula is C8H24N2O2S. The topological polar surface area (TPSA) is 58.2 Å². The maximum absolute atomic E-state index is 10.4. The molecule has 0 aromatic heterocycles. The van der Waals surface area contributed by atoms with Crippen LogP contribution in [0, 0.1) is 0 Å². The van der Waals surface area contributed by atoms with Crippen molar-refractivity contribution in [2.24, 2.45) is 0 Å². The molecule has 0 aliphatic carbocycles. The summed E-state index contributed by atoms with van der Waals surface area (Å²) in [4.78, 5) is 0. The van der Waals surface area contributed by atoms with E-state index in [0.29, 0.717) is 13.1 Å². The van der Waals surface area contributed by atoms with Crippen molar-refractivity contribution < 1.29 is 8.42 Å². The van der Waals surface area contributed by atoms with Crippen molar-refractivity contribution >= 4 is 10.0 Å². The minimum Gasteiger partial charge on any atom is -0.318 e. The van der Waals surface area contributed by atoms with Crippen molar-refractivity contribution in [2.75, 3.05) is 26.4 Å². The number of rotatable bonds is 4. The van der Waals surface area contributed by atoms with Crippen LogP contribution in [0.5, 0.6) is 0 Å². The van der Waals surface area contributed by atoms with E-state index < -0.39 is 10.0 Å². The molecule has 0 aromatic rings. The van der Waals surface area contributed by atoms with E-state index in [1.54, 1.807) is 7.05 Å². The first-order valence-electron chi connectivity index (χ1n) is 4.65. The molecule has 0 fully saturated rings. The van der Waals surface area contributed by atoms with Crippen LogP contribution in [0.4, 0.5) is 0 Å². The normalized spacial score (nSPS) is 9.08. The standard InChI is InChI=1S/C4H12N2O2S.2C2H6/c1-5-3-4-6-9(2,7)8;2*1-2/h5-6H,3-4H2,1-2H3;2*1-2H3. The highest BCUT2D eigenvalue weighted by molar-refractivity contribution is 7.88. The molecule has 2 N–H and O–H groups in total. The molecule has 0 radical (unpaired) electrons. The van der Waals surface area contributed by atoms with Crippen LogP contribution >= 0.6 is 0 Å². The van der Waals surface area contributed by atoms with Crippen LogP contribution in [-0.2, 0) is 10.0 Å². The number of hydrogen-bond donors (Lipinski definition) is 2. The monoisotopic (exact) mass is 212 g/mol. The van der Waals surface area contributed by atoms with Crippen molar-refractivity contribution in [2.45, 2.75) is 27.7 Å². The average molecular weight is 212 g/mol. The van der Waals surface area contributed by atoms with Crippen molar-refractivity contribution in [3.05, 3.63) is 0 Å². The van der Waals surface area contributed by atoms with Gasteiger partial charge in [-0.1, -0.05) is 27.7 Å². The molecule has 0 unspecified atom stereocenters. The van der Waals surface area contributed by atoms with Gasteiger partial charge in [0.05, 0.1) is 6.26 Å². The van der Waals surface area contributed by atoms with Crippen LogP contribution in [0.1, 0.15) is 27.7 Å². The maximum Gasteiger partial charge on any atom is 0.208 e. The van der Waals surface area contributed by atoms with E-state index in [1.807, 2.05) is 27.7 Å². The van der Waals surface area contributed by atoms with Crippen LogP contribution in [0.15, 0.2) is 0 Å². The van der Waals surface area contributed by atoms with Crippen molar-refractivity contribution in [1.82, 2.24) is 10.0 Å². The van der Waals surface area contributed by atoms with E-state index >= 15 is 0 Å². The summed E-state index contributed by atoms with van der Waals surface area (Å²) in [5, 5.41) is 2.81. The average Bonchev–Trinajstić information content (AvgIpc) is 2.10. The summed E-state index contributed by atoms with van der Waals surface area (Å²) in [7, 11) is -1.22. The Morgan fingerprint density at radius 3 is 1.62 bits per heavy atom. The van der Waals surface area contributed by atoms with E-state index in [2.05, 4.69) is 10.0 Å². The molecule has 0 saturated carbocycles. The molecule has 4 nitrogen and oxygen atoms in total. The van der Waals surface area contributed by atoms with Crippen molar-refractivity contribution in [3.63, 3.8) is 0 Å². The zero-order chi connectivity index (χ0) is 11.3. The SMILES string of the molecule is CC.CC.CNCCNS(C)(=O)=O. The third-order valence-corrected chi connectivity index (χ3v) is 1.47. The Hall–Kier alpha value is -0.130. The van der Waals surface area contributed by atoms with Gasteiger partial charge in [-0.15, -0.1) is 0 Å². The Morgan fingerprint density at radius 2 is 1.38 bits per heavy atom. The van der Waals surface area contributed by atoms with Gasteiger partial charge in [-0.05, 0) is 7.05 Å². The van der Waals surface area contributed by atoms with Gasteiger partial charge in [0.25, 0.3) is 0 Å². The summed E-state index contributed by atoms with van der Waals surface area (Å²) < 4.78 is 23.1. The summed E-state index contributed by atoms with van der Waals surface area (Å²) in [6, 6.07) is 0. The molecule has 0 saturated heterocycles. The van der Waals surface area contributed by atoms with E-state index in [4.69, 9.17) is 0 Å². The molecule has 84 valence electrons. The van der Waals surface area contributed by atoms with Gasteiger partial charge in [0, 0.05) is 13.1 Å². The Morgan fingerprint density at radius 1 is 1.00 bits per heavy atom. The van der Waals surface area contributed by atoms with Gasteiger partial charge < -0.3 is 5.32 Å². The van der Waals surface area contributed by atoms with Crippen LogP contribution in [0.3, 0.4) is 0 Å². The van der Waals surface area contributed by atoms with E-state index in [-0.39, 0.29) is 0 Å². The molecular weight excluding hydrogens is 188 g/mol. The van der Waals surface area contributed by atoms with E-state index in [9.17, 15) is 8.42 Å². The van der Waals surface area contributed by atoms with Crippen LogP contribution < -0.4 is 10.0 Å². The zero-order valence-corrected chi connectivity index (χ0v) is 10.5. The Bertz CT molecular complexity index is 156. The molecule has 0 aliphatic heterocycles. The van der Waals surface area contributed by atoms with Gasteiger partial charge in [-0.2, -0.15) is 0 Å². The number of sulfonamides is 1. The fraction of sp³-hybridized carbons (Fsp3) is 1.00. The smallest absolute Gasteiger partial charge is 0.208 e. The number of likely N-dealkylation sites (N-methyl/N-ethyl adjacent to an activating group) is 1. The number of hydrogen-bond acceptors (Lipinski definition) is 3. The Labute approximate surface area is 83.2 Å². The molecule has 5 heteroatoms.